The van der Waals surface area contributed by atoms with Gasteiger partial charge in [0, 0.05) is 6.04 Å². The molecule has 0 aliphatic carbocycles. The van der Waals surface area contributed by atoms with Crippen molar-refractivity contribution in [1.29, 1.82) is 0 Å². The molecule has 1 amide bonds. The quantitative estimate of drug-likeness (QED) is 0.828. The van der Waals surface area contributed by atoms with Crippen LogP contribution in [0.3, 0.4) is 0 Å². The third kappa shape index (κ3) is 5.90. The molecule has 0 radical (unpaired) electrons. The van der Waals surface area contributed by atoms with E-state index < -0.39 is 18.0 Å². The van der Waals surface area contributed by atoms with Crippen LogP contribution in [0.25, 0.3) is 0 Å². The van der Waals surface area contributed by atoms with E-state index in [1.807, 2.05) is 30.3 Å². The summed E-state index contributed by atoms with van der Waals surface area (Å²) in [6, 6.07) is 9.11. The lowest BCUT2D eigenvalue weighted by atomic mass is 10.0. The highest BCUT2D eigenvalue weighted by Crippen LogP contribution is 2.06. The number of hydrogen-bond donors (Lipinski definition) is 2. The van der Waals surface area contributed by atoms with Crippen molar-refractivity contribution < 1.29 is 19.4 Å². The topological polar surface area (TPSA) is 75.6 Å². The maximum atomic E-state index is 11.5. The molecule has 0 heterocycles. The van der Waals surface area contributed by atoms with Crippen LogP contribution in [0.5, 0.6) is 0 Å². The Hall–Kier alpha value is -2.04. The second-order valence-corrected chi connectivity index (χ2v) is 4.58. The molecule has 2 N–H and O–H groups in total. The Labute approximate surface area is 112 Å². The Balaban J connectivity index is 2.29. The number of ether oxygens (including phenoxy) is 1. The van der Waals surface area contributed by atoms with Crippen LogP contribution < -0.4 is 5.32 Å². The zero-order valence-electron chi connectivity index (χ0n) is 11.1. The fourth-order valence-electron chi connectivity index (χ4n) is 1.66. The summed E-state index contributed by atoms with van der Waals surface area (Å²) in [4.78, 5) is 22.2. The highest BCUT2D eigenvalue weighted by molar-refractivity contribution is 5.70. The second kappa shape index (κ2) is 7.41. The molecule has 1 aromatic carbocycles. The van der Waals surface area contributed by atoms with Gasteiger partial charge in [0.1, 0.15) is 6.61 Å². The molecular weight excluding hydrogens is 246 g/mol. The normalized spacial score (nSPS) is 13.4. The lowest BCUT2D eigenvalue weighted by Crippen LogP contribution is -2.35. The fourth-order valence-corrected chi connectivity index (χ4v) is 1.66. The van der Waals surface area contributed by atoms with E-state index in [0.717, 1.165) is 5.56 Å². The van der Waals surface area contributed by atoms with Crippen LogP contribution in [0.4, 0.5) is 4.79 Å². The SMILES string of the molecule is CC(CC(C)C(=O)O)NC(=O)OCc1ccccc1. The molecule has 2 atom stereocenters. The van der Waals surface area contributed by atoms with Gasteiger partial charge in [-0.1, -0.05) is 37.3 Å². The van der Waals surface area contributed by atoms with Crippen molar-refractivity contribution in [2.24, 2.45) is 5.92 Å². The molecule has 104 valence electrons. The van der Waals surface area contributed by atoms with Gasteiger partial charge >= 0.3 is 12.1 Å². The first-order chi connectivity index (χ1) is 8.99. The molecule has 0 fully saturated rings. The number of carboxylic acids is 1. The van der Waals surface area contributed by atoms with Crippen LogP contribution in [0, 0.1) is 5.92 Å². The fraction of sp³-hybridized carbons (Fsp3) is 0.429. The maximum absolute atomic E-state index is 11.5. The van der Waals surface area contributed by atoms with Crippen LogP contribution in [0.2, 0.25) is 0 Å². The minimum atomic E-state index is -0.869. The van der Waals surface area contributed by atoms with Gasteiger partial charge in [0.2, 0.25) is 0 Å². The first-order valence-electron chi connectivity index (χ1n) is 6.19. The van der Waals surface area contributed by atoms with Gasteiger partial charge in [-0.15, -0.1) is 0 Å². The van der Waals surface area contributed by atoms with Crippen molar-refractivity contribution in [3.05, 3.63) is 35.9 Å². The molecule has 1 aromatic rings. The summed E-state index contributed by atoms with van der Waals surface area (Å²) in [6.07, 6.45) is -0.163. The molecular formula is C14H19NO4. The zero-order valence-corrected chi connectivity index (χ0v) is 11.1. The Bertz CT molecular complexity index is 419. The number of nitrogens with one attached hydrogen (secondary N) is 1. The van der Waals surface area contributed by atoms with E-state index in [1.54, 1.807) is 13.8 Å². The number of hydrogen-bond acceptors (Lipinski definition) is 3. The molecule has 1 rings (SSSR count). The van der Waals surface area contributed by atoms with Crippen molar-refractivity contribution in [3.8, 4) is 0 Å². The number of rotatable bonds is 6. The number of carbonyl (C=O) groups is 2. The molecule has 0 bridgehead atoms. The Morgan fingerprint density at radius 2 is 1.89 bits per heavy atom. The predicted molar refractivity (Wildman–Crippen MR) is 70.6 cm³/mol. The van der Waals surface area contributed by atoms with Crippen molar-refractivity contribution in [1.82, 2.24) is 5.32 Å². The van der Waals surface area contributed by atoms with Gasteiger partial charge in [0.05, 0.1) is 5.92 Å². The highest BCUT2D eigenvalue weighted by atomic mass is 16.5. The summed E-state index contributed by atoms with van der Waals surface area (Å²) in [6.45, 7) is 3.56. The number of aliphatic carboxylic acids is 1. The molecule has 0 saturated carbocycles. The monoisotopic (exact) mass is 265 g/mol. The molecule has 0 spiro atoms. The van der Waals surface area contributed by atoms with E-state index in [9.17, 15) is 9.59 Å². The molecule has 5 heteroatoms. The number of amides is 1. The van der Waals surface area contributed by atoms with Crippen LogP contribution >= 0.6 is 0 Å². The summed E-state index contributed by atoms with van der Waals surface area (Å²) < 4.78 is 5.04. The van der Waals surface area contributed by atoms with Crippen molar-refractivity contribution >= 4 is 12.1 Å². The van der Waals surface area contributed by atoms with Crippen LogP contribution in [0.15, 0.2) is 30.3 Å². The average Bonchev–Trinajstić information content (AvgIpc) is 2.37. The Kier molecular flexibility index (Phi) is 5.85. The maximum Gasteiger partial charge on any atom is 0.407 e. The summed E-state index contributed by atoms with van der Waals surface area (Å²) in [5, 5.41) is 11.4. The van der Waals surface area contributed by atoms with Crippen LogP contribution in [0.1, 0.15) is 25.8 Å². The van der Waals surface area contributed by atoms with Crippen LogP contribution in [-0.4, -0.2) is 23.2 Å². The summed E-state index contributed by atoms with van der Waals surface area (Å²) in [7, 11) is 0. The highest BCUT2D eigenvalue weighted by Gasteiger charge is 2.16. The van der Waals surface area contributed by atoms with Gasteiger partial charge in [-0.3, -0.25) is 4.79 Å². The molecule has 5 nitrogen and oxygen atoms in total. The number of carbonyl (C=O) groups excluding carboxylic acids is 1. The van der Waals surface area contributed by atoms with Gasteiger partial charge < -0.3 is 15.2 Å². The third-order valence-corrected chi connectivity index (χ3v) is 2.71. The van der Waals surface area contributed by atoms with Gasteiger partial charge in [0.25, 0.3) is 0 Å². The standard InChI is InChI=1S/C14H19NO4/c1-10(13(16)17)8-11(2)15-14(18)19-9-12-6-4-3-5-7-12/h3-7,10-11H,8-9H2,1-2H3,(H,15,18)(H,16,17). The van der Waals surface area contributed by atoms with Gasteiger partial charge in [-0.05, 0) is 18.9 Å². The van der Waals surface area contributed by atoms with Gasteiger partial charge in [-0.25, -0.2) is 4.79 Å². The summed E-state index contributed by atoms with van der Waals surface area (Å²) in [5.74, 6) is -1.37. The minimum Gasteiger partial charge on any atom is -0.481 e. The van der Waals surface area contributed by atoms with E-state index >= 15 is 0 Å². The molecule has 0 aromatic heterocycles. The zero-order chi connectivity index (χ0) is 14.3. The first kappa shape index (κ1) is 15.0. The summed E-state index contributed by atoms with van der Waals surface area (Å²) >= 11 is 0. The van der Waals surface area contributed by atoms with E-state index in [2.05, 4.69) is 5.32 Å². The van der Waals surface area contributed by atoms with Gasteiger partial charge in [0.15, 0.2) is 0 Å². The van der Waals surface area contributed by atoms with E-state index in [0.29, 0.717) is 6.42 Å². The lowest BCUT2D eigenvalue weighted by Gasteiger charge is -2.16. The van der Waals surface area contributed by atoms with Crippen molar-refractivity contribution in [3.63, 3.8) is 0 Å². The smallest absolute Gasteiger partial charge is 0.407 e. The third-order valence-electron chi connectivity index (χ3n) is 2.71. The van der Waals surface area contributed by atoms with Gasteiger partial charge in [-0.2, -0.15) is 0 Å². The van der Waals surface area contributed by atoms with Crippen LogP contribution in [-0.2, 0) is 16.1 Å². The largest absolute Gasteiger partial charge is 0.481 e. The number of carboxylic acid groups (broad SMARTS) is 1. The van der Waals surface area contributed by atoms with E-state index in [4.69, 9.17) is 9.84 Å². The van der Waals surface area contributed by atoms with E-state index in [-0.39, 0.29) is 12.6 Å². The second-order valence-electron chi connectivity index (χ2n) is 4.58. The molecule has 0 aliphatic heterocycles. The van der Waals surface area contributed by atoms with E-state index in [1.165, 1.54) is 0 Å². The minimum absolute atomic E-state index is 0.202. The van der Waals surface area contributed by atoms with Crippen molar-refractivity contribution in [2.45, 2.75) is 32.9 Å². The van der Waals surface area contributed by atoms with Crippen molar-refractivity contribution in [2.75, 3.05) is 0 Å². The molecule has 2 unspecified atom stereocenters. The predicted octanol–water partition coefficient (Wildman–Crippen LogP) is 2.41. The lowest BCUT2D eigenvalue weighted by molar-refractivity contribution is -0.141. The molecule has 0 aliphatic rings. The number of alkyl carbamates (subject to hydrolysis) is 1. The Morgan fingerprint density at radius 3 is 2.47 bits per heavy atom. The Morgan fingerprint density at radius 1 is 1.26 bits per heavy atom. The summed E-state index contributed by atoms with van der Waals surface area (Å²) in [5.41, 5.74) is 0.907. The first-order valence-corrected chi connectivity index (χ1v) is 6.19. The molecule has 19 heavy (non-hydrogen) atoms. The average molecular weight is 265 g/mol. The number of benzene rings is 1. The molecule has 0 saturated heterocycles.